The summed E-state index contributed by atoms with van der Waals surface area (Å²) in [6.45, 7) is 6.25. The van der Waals surface area contributed by atoms with Gasteiger partial charge in [-0.2, -0.15) is 0 Å². The van der Waals surface area contributed by atoms with Gasteiger partial charge in [-0.1, -0.05) is 81.4 Å². The number of rotatable bonds is 7. The zero-order chi connectivity index (χ0) is 23.4. The molecule has 0 aliphatic heterocycles. The van der Waals surface area contributed by atoms with Gasteiger partial charge < -0.3 is 14.3 Å². The quantitative estimate of drug-likeness (QED) is 0.302. The van der Waals surface area contributed by atoms with E-state index in [0.29, 0.717) is 5.56 Å². The van der Waals surface area contributed by atoms with Gasteiger partial charge >= 0.3 is 11.9 Å². The van der Waals surface area contributed by atoms with Crippen molar-refractivity contribution in [2.75, 3.05) is 7.11 Å². The second kappa shape index (κ2) is 9.50. The maximum absolute atomic E-state index is 12.4. The van der Waals surface area contributed by atoms with E-state index in [1.807, 2.05) is 60.7 Å². The lowest BCUT2D eigenvalue weighted by Gasteiger charge is -2.38. The molecule has 0 aliphatic rings. The Morgan fingerprint density at radius 2 is 1.28 bits per heavy atom. The standard InChI is InChI=1S/C26H26O5Si/c1-25(2,3)32-31-26(20-11-7-5-8-12-20,21-13-9-6-10-14-21)22-16-18(23(27)28)15-19(17-22)24(29)30-4/h5-17H,1-4H3,(H,27,28). The maximum atomic E-state index is 12.4. The lowest BCUT2D eigenvalue weighted by atomic mass is 9.79. The first kappa shape index (κ1) is 23.4. The Balaban J connectivity index is 2.39. The number of aromatic carboxylic acids is 1. The molecule has 2 radical (unpaired) electrons. The summed E-state index contributed by atoms with van der Waals surface area (Å²) in [4.78, 5) is 24.3. The summed E-state index contributed by atoms with van der Waals surface area (Å²) in [5.41, 5.74) is 1.24. The minimum atomic E-state index is -1.13. The van der Waals surface area contributed by atoms with Crippen LogP contribution >= 0.6 is 0 Å². The number of hydrogen-bond donors (Lipinski definition) is 1. The van der Waals surface area contributed by atoms with E-state index >= 15 is 0 Å². The van der Waals surface area contributed by atoms with Crippen molar-refractivity contribution in [3.05, 3.63) is 107 Å². The Labute approximate surface area is 191 Å². The van der Waals surface area contributed by atoms with E-state index in [0.717, 1.165) is 11.1 Å². The van der Waals surface area contributed by atoms with Crippen molar-refractivity contribution in [2.45, 2.75) is 31.4 Å². The number of carbonyl (C=O) groups excluding carboxylic acids is 1. The molecule has 0 bridgehead atoms. The molecule has 0 saturated carbocycles. The number of carboxylic acid groups (broad SMARTS) is 1. The van der Waals surface area contributed by atoms with Crippen LogP contribution in [0, 0.1) is 0 Å². The molecule has 1 N–H and O–H groups in total. The number of carbonyl (C=O) groups is 2. The molecule has 0 spiro atoms. The Kier molecular flexibility index (Phi) is 6.96. The smallest absolute Gasteiger partial charge is 0.337 e. The summed E-state index contributed by atoms with van der Waals surface area (Å²) in [6.07, 6.45) is 0. The van der Waals surface area contributed by atoms with Crippen LogP contribution in [-0.4, -0.2) is 33.9 Å². The van der Waals surface area contributed by atoms with Crippen molar-refractivity contribution in [1.29, 1.82) is 0 Å². The van der Waals surface area contributed by atoms with Crippen LogP contribution in [0.1, 0.15) is 58.2 Å². The van der Waals surface area contributed by atoms with Crippen molar-refractivity contribution in [3.63, 3.8) is 0 Å². The zero-order valence-corrected chi connectivity index (χ0v) is 19.6. The fourth-order valence-electron chi connectivity index (χ4n) is 3.44. The molecular weight excluding hydrogens is 420 g/mol. The highest BCUT2D eigenvalue weighted by atomic mass is 28.2. The molecule has 0 aliphatic carbocycles. The molecule has 0 aromatic heterocycles. The van der Waals surface area contributed by atoms with Crippen molar-refractivity contribution < 1.29 is 23.9 Å². The maximum Gasteiger partial charge on any atom is 0.337 e. The van der Waals surface area contributed by atoms with Crippen LogP contribution in [0.15, 0.2) is 78.9 Å². The van der Waals surface area contributed by atoms with Crippen LogP contribution in [0.2, 0.25) is 5.04 Å². The SMILES string of the molecule is COC(=O)c1cc(C(=O)O)cc(C(O[Si]C(C)(C)C)(c2ccccc2)c2ccccc2)c1. The second-order valence-electron chi connectivity index (χ2n) is 8.46. The minimum Gasteiger partial charge on any atom is -0.478 e. The monoisotopic (exact) mass is 446 g/mol. The molecule has 5 nitrogen and oxygen atoms in total. The van der Waals surface area contributed by atoms with Gasteiger partial charge in [0.1, 0.15) is 5.60 Å². The van der Waals surface area contributed by atoms with Gasteiger partial charge in [-0.05, 0) is 39.9 Å². The number of ether oxygens (including phenoxy) is 1. The highest BCUT2D eigenvalue weighted by Gasteiger charge is 2.39. The summed E-state index contributed by atoms with van der Waals surface area (Å²) < 4.78 is 11.6. The predicted molar refractivity (Wildman–Crippen MR) is 124 cm³/mol. The molecule has 3 rings (SSSR count). The van der Waals surface area contributed by atoms with Gasteiger partial charge in [0.15, 0.2) is 0 Å². The lowest BCUT2D eigenvalue weighted by molar-refractivity contribution is 0.0600. The van der Waals surface area contributed by atoms with Crippen LogP contribution in [0.4, 0.5) is 0 Å². The first-order chi connectivity index (χ1) is 15.2. The van der Waals surface area contributed by atoms with Crippen LogP contribution in [0.5, 0.6) is 0 Å². The van der Waals surface area contributed by atoms with E-state index < -0.39 is 17.5 Å². The number of methoxy groups -OCH3 is 1. The van der Waals surface area contributed by atoms with Gasteiger partial charge in [0.05, 0.1) is 18.2 Å². The van der Waals surface area contributed by atoms with Crippen molar-refractivity contribution >= 4 is 21.7 Å². The Morgan fingerprint density at radius 3 is 1.72 bits per heavy atom. The Morgan fingerprint density at radius 1 is 0.781 bits per heavy atom. The average molecular weight is 447 g/mol. The van der Waals surface area contributed by atoms with E-state index in [1.165, 1.54) is 13.2 Å². The lowest BCUT2D eigenvalue weighted by Crippen LogP contribution is -2.36. The van der Waals surface area contributed by atoms with Gasteiger partial charge in [0, 0.05) is 0 Å². The summed E-state index contributed by atoms with van der Waals surface area (Å²) in [5.74, 6) is -1.74. The molecule has 164 valence electrons. The fraction of sp³-hybridized carbons (Fsp3) is 0.231. The van der Waals surface area contributed by atoms with E-state index in [2.05, 4.69) is 20.8 Å². The van der Waals surface area contributed by atoms with Crippen LogP contribution in [0.25, 0.3) is 0 Å². The number of esters is 1. The fourth-order valence-corrected chi connectivity index (χ4v) is 4.26. The highest BCUT2D eigenvalue weighted by Crippen LogP contribution is 2.42. The molecular formula is C26H26O5Si. The molecule has 0 unspecified atom stereocenters. The average Bonchev–Trinajstić information content (AvgIpc) is 2.79. The van der Waals surface area contributed by atoms with Gasteiger partial charge in [-0.25, -0.2) is 9.59 Å². The Bertz CT molecular complexity index is 1050. The molecule has 0 heterocycles. The highest BCUT2D eigenvalue weighted by molar-refractivity contribution is 6.32. The normalized spacial score (nSPS) is 11.8. The van der Waals surface area contributed by atoms with E-state index in [1.54, 1.807) is 12.1 Å². The number of carboxylic acids is 1. The third kappa shape index (κ3) is 4.98. The third-order valence-corrected chi connectivity index (χ3v) is 5.90. The number of benzene rings is 3. The summed E-state index contributed by atoms with van der Waals surface area (Å²) in [6, 6.07) is 23.8. The number of hydrogen-bond acceptors (Lipinski definition) is 4. The van der Waals surface area contributed by atoms with Crippen molar-refractivity contribution in [2.24, 2.45) is 0 Å². The summed E-state index contributed by atoms with van der Waals surface area (Å²) in [7, 11) is 1.36. The van der Waals surface area contributed by atoms with Crippen LogP contribution < -0.4 is 0 Å². The molecule has 0 fully saturated rings. The van der Waals surface area contributed by atoms with Crippen molar-refractivity contribution in [3.8, 4) is 0 Å². The first-order valence-electron chi connectivity index (χ1n) is 10.2. The molecule has 0 saturated heterocycles. The first-order valence-corrected chi connectivity index (χ1v) is 11.1. The van der Waals surface area contributed by atoms with E-state index in [4.69, 9.17) is 9.16 Å². The van der Waals surface area contributed by atoms with Gasteiger partial charge in [-0.15, -0.1) is 0 Å². The van der Waals surface area contributed by atoms with E-state index in [9.17, 15) is 14.7 Å². The van der Waals surface area contributed by atoms with Crippen LogP contribution in [-0.2, 0) is 14.8 Å². The molecule has 0 atom stereocenters. The largest absolute Gasteiger partial charge is 0.478 e. The second-order valence-corrected chi connectivity index (χ2v) is 10.4. The van der Waals surface area contributed by atoms with Crippen LogP contribution in [0.3, 0.4) is 0 Å². The molecule has 3 aromatic rings. The van der Waals surface area contributed by atoms with Gasteiger partial charge in [0.2, 0.25) is 9.76 Å². The Hall–Kier alpha value is -3.22. The zero-order valence-electron chi connectivity index (χ0n) is 18.6. The third-order valence-electron chi connectivity index (χ3n) is 4.88. The van der Waals surface area contributed by atoms with E-state index in [-0.39, 0.29) is 25.9 Å². The molecule has 32 heavy (non-hydrogen) atoms. The van der Waals surface area contributed by atoms with Crippen molar-refractivity contribution in [1.82, 2.24) is 0 Å². The molecule has 6 heteroatoms. The predicted octanol–water partition coefficient (Wildman–Crippen LogP) is 5.32. The molecule has 0 amide bonds. The van der Waals surface area contributed by atoms with Gasteiger partial charge in [0.25, 0.3) is 0 Å². The molecule has 3 aromatic carbocycles. The summed E-state index contributed by atoms with van der Waals surface area (Å²) >= 11 is 0. The topological polar surface area (TPSA) is 72.8 Å². The van der Waals surface area contributed by atoms with Gasteiger partial charge in [-0.3, -0.25) is 0 Å². The summed E-state index contributed by atoms with van der Waals surface area (Å²) in [5, 5.41) is 9.63. The minimum absolute atomic E-state index is 0.0122.